The molecule has 1 aliphatic rings. The number of amides is 1. The van der Waals surface area contributed by atoms with Gasteiger partial charge in [0.1, 0.15) is 5.69 Å². The smallest absolute Gasteiger partial charge is 0.268 e. The molecule has 0 aliphatic heterocycles. The Kier molecular flexibility index (Phi) is 2.64. The Balaban J connectivity index is 1.83. The predicted octanol–water partition coefficient (Wildman–Crippen LogP) is 1.40. The zero-order chi connectivity index (χ0) is 12.5. The first kappa shape index (κ1) is 11.0. The summed E-state index contributed by atoms with van der Waals surface area (Å²) in [6, 6.07) is 11.0. The van der Waals surface area contributed by atoms with E-state index in [0.29, 0.717) is 12.1 Å². The molecule has 0 saturated carbocycles. The average molecular weight is 242 g/mol. The van der Waals surface area contributed by atoms with E-state index in [-0.39, 0.29) is 11.9 Å². The van der Waals surface area contributed by atoms with E-state index in [2.05, 4.69) is 10.3 Å². The lowest BCUT2D eigenvalue weighted by molar-refractivity contribution is 0.0854. The van der Waals surface area contributed by atoms with Gasteiger partial charge >= 0.3 is 0 Å². The van der Waals surface area contributed by atoms with Crippen LogP contribution in [-0.4, -0.2) is 22.1 Å². The van der Waals surface area contributed by atoms with Crippen LogP contribution in [0.25, 0.3) is 0 Å². The minimum absolute atomic E-state index is 0.194. The maximum absolute atomic E-state index is 12.0. The summed E-state index contributed by atoms with van der Waals surface area (Å²) in [6.07, 6.45) is 1.74. The predicted molar refractivity (Wildman–Crippen MR) is 67.2 cm³/mol. The summed E-state index contributed by atoms with van der Waals surface area (Å²) in [7, 11) is 0. The number of carbonyl (C=O) groups excluding carboxylic acids is 1. The molecule has 1 aromatic heterocycles. The fraction of sp³-hybridized carbons (Fsp3) is 0.214. The third-order valence-electron chi connectivity index (χ3n) is 3.33. The van der Waals surface area contributed by atoms with E-state index in [9.17, 15) is 9.90 Å². The van der Waals surface area contributed by atoms with E-state index >= 15 is 0 Å². The summed E-state index contributed by atoms with van der Waals surface area (Å²) >= 11 is 0. The van der Waals surface area contributed by atoms with Crippen LogP contribution in [0.5, 0.6) is 0 Å². The summed E-state index contributed by atoms with van der Waals surface area (Å²) in [6.45, 7) is 0. The number of benzene rings is 1. The van der Waals surface area contributed by atoms with Gasteiger partial charge in [0.2, 0.25) is 0 Å². The number of rotatable bonds is 2. The molecule has 3 rings (SSSR count). The van der Waals surface area contributed by atoms with Gasteiger partial charge in [-0.1, -0.05) is 24.3 Å². The van der Waals surface area contributed by atoms with Crippen LogP contribution < -0.4 is 5.32 Å². The van der Waals surface area contributed by atoms with Gasteiger partial charge in [-0.3, -0.25) is 4.79 Å². The molecule has 2 unspecified atom stereocenters. The molecule has 0 saturated heterocycles. The fourth-order valence-corrected chi connectivity index (χ4v) is 2.44. The van der Waals surface area contributed by atoms with Crippen LogP contribution in [0.15, 0.2) is 42.6 Å². The molecular weight excluding hydrogens is 228 g/mol. The van der Waals surface area contributed by atoms with Crippen LogP contribution in [-0.2, 0) is 6.42 Å². The Bertz CT molecular complexity index is 563. The molecule has 3 N–H and O–H groups in total. The van der Waals surface area contributed by atoms with Gasteiger partial charge in [0.15, 0.2) is 0 Å². The second-order valence-corrected chi connectivity index (χ2v) is 4.51. The van der Waals surface area contributed by atoms with Crippen molar-refractivity contribution in [1.82, 2.24) is 10.3 Å². The highest BCUT2D eigenvalue weighted by atomic mass is 16.3. The quantitative estimate of drug-likeness (QED) is 0.745. The first-order chi connectivity index (χ1) is 8.75. The molecule has 0 bridgehead atoms. The van der Waals surface area contributed by atoms with Crippen LogP contribution in [0, 0.1) is 0 Å². The van der Waals surface area contributed by atoms with Crippen molar-refractivity contribution in [2.75, 3.05) is 0 Å². The average Bonchev–Trinajstić information content (AvgIpc) is 2.98. The number of nitrogens with one attached hydrogen (secondary N) is 2. The van der Waals surface area contributed by atoms with Crippen LogP contribution in [0.3, 0.4) is 0 Å². The lowest BCUT2D eigenvalue weighted by Gasteiger charge is -2.17. The molecule has 1 aliphatic carbocycles. The van der Waals surface area contributed by atoms with E-state index in [1.54, 1.807) is 18.3 Å². The van der Waals surface area contributed by atoms with Crippen molar-refractivity contribution in [3.05, 3.63) is 59.4 Å². The van der Waals surface area contributed by atoms with E-state index in [0.717, 1.165) is 11.1 Å². The number of aromatic amines is 1. The largest absolute Gasteiger partial charge is 0.390 e. The maximum atomic E-state index is 12.0. The minimum Gasteiger partial charge on any atom is -0.390 e. The van der Waals surface area contributed by atoms with Crippen molar-refractivity contribution < 1.29 is 9.90 Å². The molecule has 4 heteroatoms. The number of hydrogen-bond acceptors (Lipinski definition) is 2. The van der Waals surface area contributed by atoms with Crippen LogP contribution >= 0.6 is 0 Å². The lowest BCUT2D eigenvalue weighted by atomic mass is 10.1. The number of fused-ring (bicyclic) bond motifs is 1. The number of H-pyrrole nitrogens is 1. The molecule has 0 radical (unpaired) electrons. The molecule has 92 valence electrons. The second-order valence-electron chi connectivity index (χ2n) is 4.51. The SMILES string of the molecule is O=C(NC1c2ccccc2CC1O)c1ccc[nH]1. The highest BCUT2D eigenvalue weighted by molar-refractivity contribution is 5.92. The van der Waals surface area contributed by atoms with Crippen LogP contribution in [0.1, 0.15) is 27.7 Å². The molecule has 2 aromatic rings. The van der Waals surface area contributed by atoms with Gasteiger partial charge in [-0.2, -0.15) is 0 Å². The van der Waals surface area contributed by atoms with Crippen molar-refractivity contribution in [1.29, 1.82) is 0 Å². The molecule has 1 amide bonds. The van der Waals surface area contributed by atoms with Crippen molar-refractivity contribution in [3.8, 4) is 0 Å². The zero-order valence-corrected chi connectivity index (χ0v) is 9.76. The molecular formula is C14H14N2O2. The third-order valence-corrected chi connectivity index (χ3v) is 3.33. The Morgan fingerprint density at radius 2 is 2.11 bits per heavy atom. The number of hydrogen-bond donors (Lipinski definition) is 3. The third kappa shape index (κ3) is 1.80. The van der Waals surface area contributed by atoms with Crippen LogP contribution in [0.4, 0.5) is 0 Å². The number of aromatic nitrogens is 1. The molecule has 1 heterocycles. The van der Waals surface area contributed by atoms with Gasteiger partial charge in [-0.15, -0.1) is 0 Å². The number of aliphatic hydroxyl groups excluding tert-OH is 1. The fourth-order valence-electron chi connectivity index (χ4n) is 2.44. The lowest BCUT2D eigenvalue weighted by Crippen LogP contribution is -2.34. The highest BCUT2D eigenvalue weighted by Gasteiger charge is 2.32. The summed E-state index contributed by atoms with van der Waals surface area (Å²) in [5.74, 6) is -0.194. The van der Waals surface area contributed by atoms with Gasteiger partial charge in [0.05, 0.1) is 12.1 Å². The maximum Gasteiger partial charge on any atom is 0.268 e. The summed E-state index contributed by atoms with van der Waals surface area (Å²) in [5, 5.41) is 12.9. The zero-order valence-electron chi connectivity index (χ0n) is 9.76. The Hall–Kier alpha value is -2.07. The molecule has 0 fully saturated rings. The van der Waals surface area contributed by atoms with Crippen molar-refractivity contribution in [2.45, 2.75) is 18.6 Å². The molecule has 4 nitrogen and oxygen atoms in total. The summed E-state index contributed by atoms with van der Waals surface area (Å²) in [5.41, 5.74) is 2.61. The van der Waals surface area contributed by atoms with Gasteiger partial charge in [-0.25, -0.2) is 0 Å². The minimum atomic E-state index is -0.554. The first-order valence-electron chi connectivity index (χ1n) is 5.96. The molecule has 18 heavy (non-hydrogen) atoms. The van der Waals surface area contributed by atoms with Gasteiger partial charge in [0.25, 0.3) is 5.91 Å². The standard InChI is InChI=1S/C14H14N2O2/c17-12-8-9-4-1-2-5-10(9)13(12)16-14(18)11-6-3-7-15-11/h1-7,12-13,15,17H,8H2,(H,16,18). The molecule has 0 spiro atoms. The Morgan fingerprint density at radius 1 is 1.28 bits per heavy atom. The van der Waals surface area contributed by atoms with E-state index in [1.165, 1.54) is 0 Å². The Labute approximate surface area is 105 Å². The van der Waals surface area contributed by atoms with Gasteiger partial charge in [0, 0.05) is 12.6 Å². The summed E-state index contributed by atoms with van der Waals surface area (Å²) < 4.78 is 0. The topological polar surface area (TPSA) is 65.1 Å². The normalized spacial score (nSPS) is 21.6. The van der Waals surface area contributed by atoms with E-state index < -0.39 is 6.10 Å². The number of aliphatic hydroxyl groups is 1. The monoisotopic (exact) mass is 242 g/mol. The Morgan fingerprint density at radius 3 is 2.89 bits per heavy atom. The molecule has 2 atom stereocenters. The van der Waals surface area contributed by atoms with Crippen LogP contribution in [0.2, 0.25) is 0 Å². The summed E-state index contributed by atoms with van der Waals surface area (Å²) in [4.78, 5) is 14.8. The van der Waals surface area contributed by atoms with E-state index in [4.69, 9.17) is 0 Å². The molecule has 1 aromatic carbocycles. The van der Waals surface area contributed by atoms with Gasteiger partial charge < -0.3 is 15.4 Å². The van der Waals surface area contributed by atoms with Crippen molar-refractivity contribution >= 4 is 5.91 Å². The number of carbonyl (C=O) groups is 1. The van der Waals surface area contributed by atoms with Gasteiger partial charge in [-0.05, 0) is 23.3 Å². The van der Waals surface area contributed by atoms with Crippen molar-refractivity contribution in [3.63, 3.8) is 0 Å². The first-order valence-corrected chi connectivity index (χ1v) is 5.96. The van der Waals surface area contributed by atoms with E-state index in [1.807, 2.05) is 24.3 Å². The van der Waals surface area contributed by atoms with Crippen molar-refractivity contribution in [2.24, 2.45) is 0 Å². The second kappa shape index (κ2) is 4.31. The highest BCUT2D eigenvalue weighted by Crippen LogP contribution is 2.31.